The van der Waals surface area contributed by atoms with Gasteiger partial charge in [-0.25, -0.2) is 4.79 Å². The summed E-state index contributed by atoms with van der Waals surface area (Å²) >= 11 is 3.41. The van der Waals surface area contributed by atoms with Crippen LogP contribution in [0.25, 0.3) is 10.4 Å². The fraction of sp³-hybridized carbons (Fsp3) is 0.792. The van der Waals surface area contributed by atoms with Crippen LogP contribution in [0.3, 0.4) is 0 Å². The number of ether oxygens (including phenoxy) is 2. The minimum Gasteiger partial charge on any atom is -0.462 e. The number of H-pyrrole nitrogens is 1. The highest BCUT2D eigenvalue weighted by molar-refractivity contribution is 9.10. The van der Waals surface area contributed by atoms with Crippen LogP contribution in [0, 0.1) is 6.92 Å². The second-order valence-corrected chi connectivity index (χ2v) is 10.3. The molecule has 2 rings (SSSR count). The summed E-state index contributed by atoms with van der Waals surface area (Å²) in [5, 5.41) is 3.74. The number of rotatable bonds is 16. The minimum atomic E-state index is -0.733. The van der Waals surface area contributed by atoms with Gasteiger partial charge in [0, 0.05) is 23.1 Å². The molecule has 2 heterocycles. The summed E-state index contributed by atoms with van der Waals surface area (Å²) in [6, 6.07) is -0.604. The maximum atomic E-state index is 12.4. The first-order valence-electron chi connectivity index (χ1n) is 12.7. The van der Waals surface area contributed by atoms with E-state index in [1.165, 1.54) is 62.1 Å². The summed E-state index contributed by atoms with van der Waals surface area (Å²) in [7, 11) is 0. The average Bonchev–Trinajstić information content (AvgIpc) is 3.23. The number of aryl methyl sites for hydroxylation is 1. The summed E-state index contributed by atoms with van der Waals surface area (Å²) in [5.74, 6) is -0.385. The van der Waals surface area contributed by atoms with Crippen LogP contribution in [0.5, 0.6) is 0 Å². The number of hydrogen-bond donors (Lipinski definition) is 1. The molecule has 0 saturated carbocycles. The molecule has 4 atom stereocenters. The van der Waals surface area contributed by atoms with Crippen LogP contribution >= 0.6 is 15.9 Å². The summed E-state index contributed by atoms with van der Waals surface area (Å²) in [4.78, 5) is 40.9. The lowest BCUT2D eigenvalue weighted by atomic mass is 10.1. The van der Waals surface area contributed by atoms with Crippen molar-refractivity contribution in [3.8, 4) is 0 Å². The van der Waals surface area contributed by atoms with Crippen LogP contribution in [0.2, 0.25) is 0 Å². The van der Waals surface area contributed by atoms with Gasteiger partial charge < -0.3 is 9.47 Å². The highest BCUT2D eigenvalue weighted by atomic mass is 79.9. The van der Waals surface area contributed by atoms with Crippen molar-refractivity contribution in [1.29, 1.82) is 0 Å². The van der Waals surface area contributed by atoms with Gasteiger partial charge in [-0.15, -0.1) is 0 Å². The molecule has 0 bridgehead atoms. The molecular weight excluding hydrogens is 518 g/mol. The molecule has 0 radical (unpaired) electrons. The van der Waals surface area contributed by atoms with Crippen molar-refractivity contribution in [3.05, 3.63) is 43.0 Å². The zero-order chi connectivity index (χ0) is 25.6. The molecule has 196 valence electrons. The molecule has 0 aromatic carbocycles. The molecule has 1 unspecified atom stereocenters. The summed E-state index contributed by atoms with van der Waals surface area (Å²) in [6.45, 7) is 3.72. The lowest BCUT2D eigenvalue weighted by Crippen LogP contribution is -2.33. The van der Waals surface area contributed by atoms with Crippen LogP contribution in [-0.2, 0) is 14.3 Å². The van der Waals surface area contributed by atoms with Crippen LogP contribution in [0.1, 0.15) is 95.8 Å². The van der Waals surface area contributed by atoms with Crippen molar-refractivity contribution in [2.75, 3.05) is 6.61 Å². The SMILES string of the molecule is CCCCCCCCCCCCC(Br)C(=O)OC[C@H]1O[C@@H](n2cc(C)c(=O)[nH]c2=O)C[C@@H]1N=[N+]=[N-]. The molecule has 1 aliphatic rings. The number of halogens is 1. The number of alkyl halides is 1. The number of aromatic amines is 1. The number of carbonyl (C=O) groups excluding carboxylic acids is 1. The van der Waals surface area contributed by atoms with E-state index in [-0.39, 0.29) is 19.0 Å². The fourth-order valence-electron chi connectivity index (χ4n) is 4.21. The Bertz CT molecular complexity index is 958. The highest BCUT2D eigenvalue weighted by Crippen LogP contribution is 2.30. The molecule has 35 heavy (non-hydrogen) atoms. The van der Waals surface area contributed by atoms with E-state index in [2.05, 4.69) is 37.9 Å². The summed E-state index contributed by atoms with van der Waals surface area (Å²) in [6.07, 6.45) is 13.2. The second-order valence-electron chi connectivity index (χ2n) is 9.18. The Morgan fingerprint density at radius 3 is 2.49 bits per heavy atom. The molecular formula is C24H38BrN5O5. The summed E-state index contributed by atoms with van der Waals surface area (Å²) in [5.41, 5.74) is 8.18. The molecule has 1 aliphatic heterocycles. The number of nitrogens with zero attached hydrogens (tertiary/aromatic N) is 4. The quantitative estimate of drug-likeness (QED) is 0.0722. The third kappa shape index (κ3) is 9.82. The van der Waals surface area contributed by atoms with Gasteiger partial charge in [0.05, 0.1) is 6.04 Å². The molecule has 1 aromatic heterocycles. The molecule has 11 heteroatoms. The first-order chi connectivity index (χ1) is 16.9. The van der Waals surface area contributed by atoms with E-state index in [1.54, 1.807) is 6.92 Å². The first kappa shape index (κ1) is 29.1. The van der Waals surface area contributed by atoms with E-state index in [4.69, 9.17) is 15.0 Å². The third-order valence-corrected chi connectivity index (χ3v) is 7.15. The van der Waals surface area contributed by atoms with E-state index in [9.17, 15) is 14.4 Å². The van der Waals surface area contributed by atoms with Crippen LogP contribution in [0.15, 0.2) is 20.9 Å². The Morgan fingerprint density at radius 2 is 1.86 bits per heavy atom. The van der Waals surface area contributed by atoms with Gasteiger partial charge in [-0.05, 0) is 18.9 Å². The number of unbranched alkanes of at least 4 members (excludes halogenated alkanes) is 9. The average molecular weight is 557 g/mol. The predicted octanol–water partition coefficient (Wildman–Crippen LogP) is 5.43. The molecule has 1 saturated heterocycles. The van der Waals surface area contributed by atoms with Crippen LogP contribution < -0.4 is 11.2 Å². The Balaban J connectivity index is 1.73. The van der Waals surface area contributed by atoms with Crippen LogP contribution in [0.4, 0.5) is 0 Å². The van der Waals surface area contributed by atoms with E-state index < -0.39 is 34.4 Å². The molecule has 1 fully saturated rings. The summed E-state index contributed by atoms with van der Waals surface area (Å²) < 4.78 is 12.6. The fourth-order valence-corrected chi connectivity index (χ4v) is 4.66. The molecule has 0 amide bonds. The van der Waals surface area contributed by atoms with E-state index in [0.29, 0.717) is 12.0 Å². The van der Waals surface area contributed by atoms with E-state index >= 15 is 0 Å². The number of aromatic nitrogens is 2. The maximum Gasteiger partial charge on any atom is 0.330 e. The van der Waals surface area contributed by atoms with Crippen molar-refractivity contribution in [1.82, 2.24) is 9.55 Å². The highest BCUT2D eigenvalue weighted by Gasteiger charge is 2.37. The maximum absolute atomic E-state index is 12.4. The Labute approximate surface area is 214 Å². The van der Waals surface area contributed by atoms with Gasteiger partial charge in [0.15, 0.2) is 0 Å². The number of esters is 1. The molecule has 1 aromatic rings. The number of nitrogens with one attached hydrogen (secondary N) is 1. The van der Waals surface area contributed by atoms with E-state index in [1.807, 2.05) is 0 Å². The Morgan fingerprint density at radius 1 is 1.23 bits per heavy atom. The second kappa shape index (κ2) is 15.8. The first-order valence-corrected chi connectivity index (χ1v) is 13.6. The smallest absolute Gasteiger partial charge is 0.330 e. The molecule has 1 N–H and O–H groups in total. The van der Waals surface area contributed by atoms with E-state index in [0.717, 1.165) is 12.8 Å². The standard InChI is InChI=1S/C24H38BrN5O5/c1-3-4-5-6-7-8-9-10-11-12-13-18(25)23(32)34-16-20-19(28-29-26)14-21(35-20)30-15-17(2)22(31)27-24(30)33/h15,18-21H,3-14,16H2,1-2H3,(H,27,31,33)/t18?,19-,20+,21+/m0/s1. The molecule has 10 nitrogen and oxygen atoms in total. The number of azide groups is 1. The molecule has 0 aliphatic carbocycles. The number of carbonyl (C=O) groups is 1. The largest absolute Gasteiger partial charge is 0.462 e. The normalized spacial score (nSPS) is 20.4. The van der Waals surface area contributed by atoms with Crippen molar-refractivity contribution < 1.29 is 14.3 Å². The zero-order valence-electron chi connectivity index (χ0n) is 20.8. The van der Waals surface area contributed by atoms with Gasteiger partial charge in [0.1, 0.15) is 23.8 Å². The van der Waals surface area contributed by atoms with Crippen LogP contribution in [-0.4, -0.2) is 39.1 Å². The lowest BCUT2D eigenvalue weighted by molar-refractivity contribution is -0.148. The van der Waals surface area contributed by atoms with Gasteiger partial charge in [-0.1, -0.05) is 92.2 Å². The number of hydrogen-bond acceptors (Lipinski definition) is 6. The predicted molar refractivity (Wildman–Crippen MR) is 138 cm³/mol. The van der Waals surface area contributed by atoms with Gasteiger partial charge in [-0.2, -0.15) is 0 Å². The molecule has 0 spiro atoms. The van der Waals surface area contributed by atoms with Gasteiger partial charge >= 0.3 is 11.7 Å². The van der Waals surface area contributed by atoms with Gasteiger partial charge in [0.2, 0.25) is 0 Å². The van der Waals surface area contributed by atoms with Crippen molar-refractivity contribution >= 4 is 21.9 Å². The lowest BCUT2D eigenvalue weighted by Gasteiger charge is -2.18. The topological polar surface area (TPSA) is 139 Å². The van der Waals surface area contributed by atoms with Crippen molar-refractivity contribution in [2.45, 2.75) is 114 Å². The third-order valence-electron chi connectivity index (χ3n) is 6.32. The monoisotopic (exact) mass is 555 g/mol. The minimum absolute atomic E-state index is 0.0871. The van der Waals surface area contributed by atoms with Gasteiger partial charge in [-0.3, -0.25) is 19.1 Å². The van der Waals surface area contributed by atoms with Gasteiger partial charge in [0.25, 0.3) is 5.56 Å². The van der Waals surface area contributed by atoms with Crippen molar-refractivity contribution in [3.63, 3.8) is 0 Å². The Kier molecular flexibility index (Phi) is 13.2. The Hall–Kier alpha value is -2.10. The van der Waals surface area contributed by atoms with Crippen molar-refractivity contribution in [2.24, 2.45) is 5.11 Å². The zero-order valence-corrected chi connectivity index (χ0v) is 22.4.